The molecule has 1 atom stereocenters. The quantitative estimate of drug-likeness (QED) is 0.814. The van der Waals surface area contributed by atoms with Gasteiger partial charge in [-0.05, 0) is 63.9 Å². The maximum Gasteiger partial charge on any atom is 0.338 e. The zero-order valence-electron chi connectivity index (χ0n) is 14.7. The smallest absolute Gasteiger partial charge is 0.338 e. The van der Waals surface area contributed by atoms with Crippen LogP contribution < -0.4 is 5.32 Å². The lowest BCUT2D eigenvalue weighted by atomic mass is 10.00. The average molecular weight is 332 g/mol. The van der Waals surface area contributed by atoms with Crippen molar-refractivity contribution < 1.29 is 14.3 Å². The summed E-state index contributed by atoms with van der Waals surface area (Å²) in [6, 6.07) is 7.61. The van der Waals surface area contributed by atoms with Crippen LogP contribution in [0.4, 0.5) is 0 Å². The third-order valence-electron chi connectivity index (χ3n) is 4.41. The van der Waals surface area contributed by atoms with Gasteiger partial charge in [0.2, 0.25) is 5.91 Å². The van der Waals surface area contributed by atoms with E-state index in [0.29, 0.717) is 18.7 Å². The van der Waals surface area contributed by atoms with Crippen LogP contribution in [0.3, 0.4) is 0 Å². The van der Waals surface area contributed by atoms with Crippen LogP contribution in [0.15, 0.2) is 24.3 Å². The number of carbonyl (C=O) groups is 2. The van der Waals surface area contributed by atoms with Crippen LogP contribution in [0.2, 0.25) is 0 Å². The highest BCUT2D eigenvalue weighted by Gasteiger charge is 2.22. The second-order valence-corrected chi connectivity index (χ2v) is 6.22. The van der Waals surface area contributed by atoms with Gasteiger partial charge in [-0.1, -0.05) is 12.1 Å². The van der Waals surface area contributed by atoms with E-state index in [9.17, 15) is 9.59 Å². The molecule has 1 aromatic rings. The van der Waals surface area contributed by atoms with E-state index < -0.39 is 0 Å². The molecule has 1 N–H and O–H groups in total. The van der Waals surface area contributed by atoms with E-state index in [1.165, 1.54) is 5.56 Å². The molecule has 1 aliphatic rings. The van der Waals surface area contributed by atoms with Gasteiger partial charge < -0.3 is 10.1 Å². The molecule has 0 bridgehead atoms. The van der Waals surface area contributed by atoms with Gasteiger partial charge in [-0.3, -0.25) is 9.69 Å². The van der Waals surface area contributed by atoms with Crippen molar-refractivity contribution in [3.8, 4) is 0 Å². The summed E-state index contributed by atoms with van der Waals surface area (Å²) in [5, 5.41) is 2.93. The highest BCUT2D eigenvalue weighted by Crippen LogP contribution is 2.19. The summed E-state index contributed by atoms with van der Waals surface area (Å²) in [4.78, 5) is 26.1. The Labute approximate surface area is 144 Å². The first-order valence-corrected chi connectivity index (χ1v) is 8.90. The summed E-state index contributed by atoms with van der Waals surface area (Å²) < 4.78 is 5.00. The number of nitrogens with one attached hydrogen (secondary N) is 1. The third-order valence-corrected chi connectivity index (χ3v) is 4.41. The lowest BCUT2D eigenvalue weighted by Crippen LogP contribution is -2.31. The number of hydrogen-bond donors (Lipinski definition) is 1. The minimum Gasteiger partial charge on any atom is -0.462 e. The largest absolute Gasteiger partial charge is 0.462 e. The first-order chi connectivity index (χ1) is 11.6. The van der Waals surface area contributed by atoms with Gasteiger partial charge in [-0.15, -0.1) is 0 Å². The van der Waals surface area contributed by atoms with Crippen LogP contribution >= 0.6 is 0 Å². The molecular weight excluding hydrogens is 304 g/mol. The van der Waals surface area contributed by atoms with Crippen molar-refractivity contribution >= 4 is 11.9 Å². The number of ether oxygens (including phenoxy) is 1. The second-order valence-electron chi connectivity index (χ2n) is 6.22. The number of benzene rings is 1. The van der Waals surface area contributed by atoms with Crippen LogP contribution in [0.25, 0.3) is 0 Å². The first-order valence-electron chi connectivity index (χ1n) is 8.90. The fraction of sp³-hybridized carbons (Fsp3) is 0.579. The number of likely N-dealkylation sites (tertiary alicyclic amines) is 1. The molecule has 0 radical (unpaired) electrons. The Balaban J connectivity index is 1.87. The number of rotatable bonds is 6. The number of esters is 1. The summed E-state index contributed by atoms with van der Waals surface area (Å²) in [6.07, 6.45) is 2.92. The van der Waals surface area contributed by atoms with E-state index in [1.54, 1.807) is 6.92 Å². The Hall–Kier alpha value is -1.88. The van der Waals surface area contributed by atoms with Gasteiger partial charge in [0.05, 0.1) is 12.2 Å². The van der Waals surface area contributed by atoms with E-state index in [-0.39, 0.29) is 17.8 Å². The lowest BCUT2D eigenvalue weighted by Gasteiger charge is -2.20. The van der Waals surface area contributed by atoms with Crippen molar-refractivity contribution in [2.45, 2.75) is 39.7 Å². The zero-order valence-corrected chi connectivity index (χ0v) is 14.7. The van der Waals surface area contributed by atoms with Gasteiger partial charge in [0, 0.05) is 19.0 Å². The molecule has 0 spiro atoms. The summed E-state index contributed by atoms with van der Waals surface area (Å²) in [5.41, 5.74) is 1.77. The molecule has 5 heteroatoms. The molecule has 132 valence electrons. The van der Waals surface area contributed by atoms with E-state index in [1.807, 2.05) is 31.2 Å². The molecule has 1 amide bonds. The second kappa shape index (κ2) is 9.42. The van der Waals surface area contributed by atoms with Crippen LogP contribution in [0.1, 0.15) is 49.0 Å². The fourth-order valence-electron chi connectivity index (χ4n) is 3.11. The van der Waals surface area contributed by atoms with Crippen LogP contribution in [-0.4, -0.2) is 43.0 Å². The summed E-state index contributed by atoms with van der Waals surface area (Å²) >= 11 is 0. The van der Waals surface area contributed by atoms with Gasteiger partial charge in [-0.25, -0.2) is 4.79 Å². The molecule has 24 heavy (non-hydrogen) atoms. The molecule has 1 heterocycles. The van der Waals surface area contributed by atoms with Crippen LogP contribution in [0.5, 0.6) is 0 Å². The monoisotopic (exact) mass is 332 g/mol. The lowest BCUT2D eigenvalue weighted by molar-refractivity contribution is -0.125. The Morgan fingerprint density at radius 1 is 1.17 bits per heavy atom. The van der Waals surface area contributed by atoms with Crippen molar-refractivity contribution in [1.82, 2.24) is 10.2 Å². The molecule has 0 aromatic heterocycles. The van der Waals surface area contributed by atoms with Crippen molar-refractivity contribution in [2.24, 2.45) is 5.92 Å². The summed E-state index contributed by atoms with van der Waals surface area (Å²) in [5.74, 6) is 0.0582. The van der Waals surface area contributed by atoms with Gasteiger partial charge in [-0.2, -0.15) is 0 Å². The average Bonchev–Trinajstić information content (AvgIpc) is 2.82. The molecule has 1 aromatic carbocycles. The fourth-order valence-corrected chi connectivity index (χ4v) is 3.11. The minimum atomic E-state index is -0.274. The normalized spacial score (nSPS) is 18.7. The molecule has 2 rings (SSSR count). The van der Waals surface area contributed by atoms with E-state index in [0.717, 1.165) is 38.9 Å². The minimum absolute atomic E-state index is 0.140. The highest BCUT2D eigenvalue weighted by atomic mass is 16.5. The molecule has 0 saturated carbocycles. The number of hydrogen-bond acceptors (Lipinski definition) is 4. The Morgan fingerprint density at radius 2 is 1.92 bits per heavy atom. The maximum absolute atomic E-state index is 12.0. The topological polar surface area (TPSA) is 58.6 Å². The van der Waals surface area contributed by atoms with Gasteiger partial charge >= 0.3 is 5.97 Å². The number of nitrogens with zero attached hydrogens (tertiary/aromatic N) is 1. The first kappa shape index (κ1) is 18.5. The van der Waals surface area contributed by atoms with E-state index in [2.05, 4.69) is 10.2 Å². The Kier molecular flexibility index (Phi) is 7.25. The molecular formula is C19H28N2O3. The van der Waals surface area contributed by atoms with Gasteiger partial charge in [0.25, 0.3) is 0 Å². The van der Waals surface area contributed by atoms with Gasteiger partial charge in [0.1, 0.15) is 0 Å². The van der Waals surface area contributed by atoms with Gasteiger partial charge in [0.15, 0.2) is 0 Å². The highest BCUT2D eigenvalue weighted by molar-refractivity contribution is 5.89. The van der Waals surface area contributed by atoms with Crippen LogP contribution in [-0.2, 0) is 16.1 Å². The van der Waals surface area contributed by atoms with Crippen LogP contribution in [0, 0.1) is 5.92 Å². The zero-order chi connectivity index (χ0) is 17.4. The third kappa shape index (κ3) is 5.34. The van der Waals surface area contributed by atoms with E-state index in [4.69, 9.17) is 4.74 Å². The standard InChI is InChI=1S/C19H28N2O3/c1-3-20-18(22)16-6-5-12-21(13-11-16)14-15-7-9-17(10-8-15)19(23)24-4-2/h7-10,16H,3-6,11-14H2,1-2H3,(H,20,22). The summed E-state index contributed by atoms with van der Waals surface area (Å²) in [7, 11) is 0. The molecule has 0 aliphatic carbocycles. The number of carbonyl (C=O) groups excluding carboxylic acids is 2. The van der Waals surface area contributed by atoms with Crippen molar-refractivity contribution in [1.29, 1.82) is 0 Å². The SMILES string of the molecule is CCNC(=O)C1CCCN(Cc2ccc(C(=O)OCC)cc2)CC1. The molecule has 1 fully saturated rings. The van der Waals surface area contributed by atoms with Crippen molar-refractivity contribution in [3.63, 3.8) is 0 Å². The predicted octanol–water partition coefficient (Wildman–Crippen LogP) is 2.60. The molecule has 1 unspecified atom stereocenters. The van der Waals surface area contributed by atoms with E-state index >= 15 is 0 Å². The maximum atomic E-state index is 12.0. The molecule has 1 saturated heterocycles. The number of amides is 1. The summed E-state index contributed by atoms with van der Waals surface area (Å²) in [6.45, 7) is 7.65. The van der Waals surface area contributed by atoms with Crippen molar-refractivity contribution in [2.75, 3.05) is 26.2 Å². The van der Waals surface area contributed by atoms with Crippen molar-refractivity contribution in [3.05, 3.63) is 35.4 Å². The molecule has 5 nitrogen and oxygen atoms in total. The predicted molar refractivity (Wildman–Crippen MR) is 93.7 cm³/mol. The Bertz CT molecular complexity index is 542. The Morgan fingerprint density at radius 3 is 2.58 bits per heavy atom. The molecule has 1 aliphatic heterocycles.